The lowest BCUT2D eigenvalue weighted by Crippen LogP contribution is -2.04. The zero-order valence-corrected chi connectivity index (χ0v) is 6.69. The molecule has 0 atom stereocenters. The van der Waals surface area contributed by atoms with Gasteiger partial charge in [-0.05, 0) is 6.42 Å². The second-order valence-electron chi connectivity index (χ2n) is 2.32. The van der Waals surface area contributed by atoms with Crippen molar-refractivity contribution in [1.29, 1.82) is 0 Å². The molecule has 0 aliphatic heterocycles. The Hall–Kier alpha value is -0.0400. The molecule has 0 saturated heterocycles. The molecule has 0 aromatic heterocycles. The van der Waals surface area contributed by atoms with E-state index in [1.165, 1.54) is 25.7 Å². The second-order valence-corrected chi connectivity index (χ2v) is 2.32. The maximum Gasteiger partial charge on any atom is 0.0133 e. The summed E-state index contributed by atoms with van der Waals surface area (Å²) in [4.78, 5) is 0. The monoisotopic (exact) mass is 128 g/mol. The molecule has 0 rings (SSSR count). The third-order valence-corrected chi connectivity index (χ3v) is 1.39. The third kappa shape index (κ3) is 7.96. The maximum absolute atomic E-state index is 4.24. The van der Waals surface area contributed by atoms with Gasteiger partial charge in [0.2, 0.25) is 0 Å². The number of unbranched alkanes of at least 4 members (excludes halogenated alkanes) is 3. The molecule has 1 radical (unpaired) electrons. The van der Waals surface area contributed by atoms with Crippen molar-refractivity contribution in [3.63, 3.8) is 0 Å². The molecule has 0 unspecified atom stereocenters. The predicted octanol–water partition coefficient (Wildman–Crippen LogP) is 2.19. The van der Waals surface area contributed by atoms with Gasteiger partial charge < -0.3 is 0 Å². The van der Waals surface area contributed by atoms with E-state index in [2.05, 4.69) is 19.2 Å². The van der Waals surface area contributed by atoms with Crippen LogP contribution in [-0.2, 0) is 0 Å². The predicted molar refractivity (Wildman–Crippen MR) is 41.7 cm³/mol. The number of rotatable bonds is 6. The molecule has 0 bridgehead atoms. The Bertz CT molecular complexity index is 37.8. The van der Waals surface area contributed by atoms with Crippen molar-refractivity contribution in [2.75, 3.05) is 13.1 Å². The molecular formula is C8H18N. The van der Waals surface area contributed by atoms with Crippen LogP contribution >= 0.6 is 0 Å². The second kappa shape index (κ2) is 7.96. The van der Waals surface area contributed by atoms with Crippen LogP contribution in [0.25, 0.3) is 0 Å². The molecule has 0 amide bonds. The molecule has 0 N–H and O–H groups in total. The molecule has 9 heavy (non-hydrogen) atoms. The summed E-state index contributed by atoms with van der Waals surface area (Å²) in [6, 6.07) is 0. The van der Waals surface area contributed by atoms with Crippen LogP contribution in [0.5, 0.6) is 0 Å². The molecule has 0 fully saturated rings. The van der Waals surface area contributed by atoms with Crippen molar-refractivity contribution < 1.29 is 0 Å². The molecule has 0 heterocycles. The molecule has 0 aliphatic carbocycles. The maximum atomic E-state index is 4.24. The lowest BCUT2D eigenvalue weighted by Gasteiger charge is -1.96. The van der Waals surface area contributed by atoms with E-state index in [-0.39, 0.29) is 0 Å². The number of hydrogen-bond acceptors (Lipinski definition) is 0. The van der Waals surface area contributed by atoms with Crippen LogP contribution < -0.4 is 5.32 Å². The van der Waals surface area contributed by atoms with E-state index in [9.17, 15) is 0 Å². The van der Waals surface area contributed by atoms with E-state index in [0.717, 1.165) is 13.1 Å². The van der Waals surface area contributed by atoms with E-state index >= 15 is 0 Å². The van der Waals surface area contributed by atoms with Gasteiger partial charge in [-0.1, -0.05) is 33.1 Å². The van der Waals surface area contributed by atoms with Gasteiger partial charge in [0, 0.05) is 13.1 Å². The highest BCUT2D eigenvalue weighted by Gasteiger charge is 1.85. The Morgan fingerprint density at radius 3 is 2.33 bits per heavy atom. The van der Waals surface area contributed by atoms with Gasteiger partial charge in [0.25, 0.3) is 0 Å². The van der Waals surface area contributed by atoms with Gasteiger partial charge in [0.15, 0.2) is 0 Å². The van der Waals surface area contributed by atoms with E-state index in [1.54, 1.807) is 0 Å². The van der Waals surface area contributed by atoms with Crippen LogP contribution in [-0.4, -0.2) is 13.1 Å². The van der Waals surface area contributed by atoms with E-state index in [4.69, 9.17) is 0 Å². The molecule has 0 spiro atoms. The van der Waals surface area contributed by atoms with Crippen molar-refractivity contribution in [3.05, 3.63) is 0 Å². The first-order valence-corrected chi connectivity index (χ1v) is 4.05. The van der Waals surface area contributed by atoms with Crippen molar-refractivity contribution in [1.82, 2.24) is 5.32 Å². The quantitative estimate of drug-likeness (QED) is 0.487. The minimum Gasteiger partial charge on any atom is -0.242 e. The van der Waals surface area contributed by atoms with Crippen LogP contribution in [0.1, 0.15) is 39.5 Å². The fourth-order valence-electron chi connectivity index (χ4n) is 0.808. The van der Waals surface area contributed by atoms with E-state index < -0.39 is 0 Å². The van der Waals surface area contributed by atoms with Gasteiger partial charge in [-0.2, -0.15) is 0 Å². The summed E-state index contributed by atoms with van der Waals surface area (Å²) in [6.07, 6.45) is 5.35. The number of nitrogens with zero attached hydrogens (tertiary/aromatic N) is 1. The highest BCUT2D eigenvalue weighted by molar-refractivity contribution is 4.43. The van der Waals surface area contributed by atoms with Gasteiger partial charge in [-0.3, -0.25) is 0 Å². The topological polar surface area (TPSA) is 14.1 Å². The van der Waals surface area contributed by atoms with E-state index in [1.807, 2.05) is 0 Å². The zero-order valence-electron chi connectivity index (χ0n) is 6.69. The largest absolute Gasteiger partial charge is 0.242 e. The van der Waals surface area contributed by atoms with Crippen molar-refractivity contribution in [2.24, 2.45) is 0 Å². The Morgan fingerprint density at radius 2 is 1.78 bits per heavy atom. The Morgan fingerprint density at radius 1 is 1.00 bits per heavy atom. The first-order chi connectivity index (χ1) is 4.41. The fraction of sp³-hybridized carbons (Fsp3) is 1.00. The third-order valence-electron chi connectivity index (χ3n) is 1.39. The summed E-state index contributed by atoms with van der Waals surface area (Å²) in [5.41, 5.74) is 0. The summed E-state index contributed by atoms with van der Waals surface area (Å²) in [7, 11) is 0. The first-order valence-electron chi connectivity index (χ1n) is 4.05. The molecule has 0 aromatic rings. The normalized spacial score (nSPS) is 10.0. The van der Waals surface area contributed by atoms with Crippen LogP contribution in [0, 0.1) is 0 Å². The van der Waals surface area contributed by atoms with Gasteiger partial charge in [0.1, 0.15) is 0 Å². The smallest absolute Gasteiger partial charge is 0.0133 e. The van der Waals surface area contributed by atoms with Crippen LogP contribution in [0.3, 0.4) is 0 Å². The summed E-state index contributed by atoms with van der Waals surface area (Å²) in [5.74, 6) is 0. The average Bonchev–Trinajstić information content (AvgIpc) is 1.89. The molecule has 0 aliphatic rings. The highest BCUT2D eigenvalue weighted by Crippen LogP contribution is 1.96. The van der Waals surface area contributed by atoms with Gasteiger partial charge in [-0.25, -0.2) is 5.32 Å². The van der Waals surface area contributed by atoms with Crippen molar-refractivity contribution >= 4 is 0 Å². The first kappa shape index (κ1) is 8.96. The molecule has 0 saturated carbocycles. The molecule has 55 valence electrons. The molecule has 1 nitrogen and oxygen atoms in total. The van der Waals surface area contributed by atoms with Crippen LogP contribution in [0.2, 0.25) is 0 Å². The van der Waals surface area contributed by atoms with Crippen molar-refractivity contribution in [3.8, 4) is 0 Å². The molecule has 0 aromatic carbocycles. The van der Waals surface area contributed by atoms with Gasteiger partial charge in [-0.15, -0.1) is 0 Å². The lowest BCUT2D eigenvalue weighted by atomic mass is 10.2. The Balaban J connectivity index is 2.60. The van der Waals surface area contributed by atoms with Gasteiger partial charge >= 0.3 is 0 Å². The SMILES string of the molecule is CCCCCC[N]CC. The molecular weight excluding hydrogens is 110 g/mol. The lowest BCUT2D eigenvalue weighted by molar-refractivity contribution is 0.604. The zero-order chi connectivity index (χ0) is 6.95. The fourth-order valence-corrected chi connectivity index (χ4v) is 0.808. The minimum absolute atomic E-state index is 0.992. The molecule has 1 heteroatoms. The standard InChI is InChI=1S/C8H18N/c1-3-5-6-7-8-9-4-2/h3-8H2,1-2H3. The van der Waals surface area contributed by atoms with Gasteiger partial charge in [0.05, 0.1) is 0 Å². The van der Waals surface area contributed by atoms with Crippen LogP contribution in [0.15, 0.2) is 0 Å². The highest BCUT2D eigenvalue weighted by atomic mass is 14.8. The average molecular weight is 128 g/mol. The van der Waals surface area contributed by atoms with E-state index in [0.29, 0.717) is 0 Å². The number of hydrogen-bond donors (Lipinski definition) is 0. The van der Waals surface area contributed by atoms with Crippen LogP contribution in [0.4, 0.5) is 0 Å². The summed E-state index contributed by atoms with van der Waals surface area (Å²) < 4.78 is 0. The Labute approximate surface area is 58.8 Å². The van der Waals surface area contributed by atoms with Crippen molar-refractivity contribution in [2.45, 2.75) is 39.5 Å². The summed E-state index contributed by atoms with van der Waals surface area (Å²) in [6.45, 7) is 6.40. The summed E-state index contributed by atoms with van der Waals surface area (Å²) >= 11 is 0. The Kier molecular flexibility index (Phi) is 7.92. The summed E-state index contributed by atoms with van der Waals surface area (Å²) in [5, 5.41) is 4.24. The minimum atomic E-state index is 0.992.